The standard InChI is InChI=1S/C13H13BrN4O4/c1-8-10(14)7-17(16-8)5-4-13(20)15-11-6-9(18(21)22)2-3-12(11)19/h2-3,6-7,19H,4-5H2,1H3,(H,15,20). The van der Waals surface area contributed by atoms with Gasteiger partial charge in [0.15, 0.2) is 0 Å². The molecule has 0 radical (unpaired) electrons. The van der Waals surface area contributed by atoms with E-state index in [4.69, 9.17) is 0 Å². The third-order valence-electron chi connectivity index (χ3n) is 2.92. The molecule has 0 aliphatic carbocycles. The van der Waals surface area contributed by atoms with Gasteiger partial charge in [-0.05, 0) is 28.9 Å². The Labute approximate surface area is 134 Å². The number of carbonyl (C=O) groups excluding carboxylic acids is 1. The fourth-order valence-electron chi connectivity index (χ4n) is 1.77. The van der Waals surface area contributed by atoms with Crippen LogP contribution in [0.1, 0.15) is 12.1 Å². The van der Waals surface area contributed by atoms with Crippen molar-refractivity contribution in [2.45, 2.75) is 19.9 Å². The van der Waals surface area contributed by atoms with Crippen molar-refractivity contribution >= 4 is 33.2 Å². The first-order chi connectivity index (χ1) is 10.4. The molecule has 2 rings (SSSR count). The Morgan fingerprint density at radius 3 is 2.86 bits per heavy atom. The van der Waals surface area contributed by atoms with Crippen LogP contribution >= 0.6 is 15.9 Å². The molecule has 1 aromatic carbocycles. The minimum Gasteiger partial charge on any atom is -0.506 e. The predicted molar refractivity (Wildman–Crippen MR) is 82.7 cm³/mol. The van der Waals surface area contributed by atoms with Crippen molar-refractivity contribution in [3.05, 3.63) is 44.7 Å². The Balaban J connectivity index is 2.00. The highest BCUT2D eigenvalue weighted by atomic mass is 79.9. The Morgan fingerprint density at radius 1 is 1.55 bits per heavy atom. The van der Waals surface area contributed by atoms with Gasteiger partial charge in [0, 0.05) is 31.3 Å². The zero-order chi connectivity index (χ0) is 16.3. The molecule has 2 N–H and O–H groups in total. The number of phenolic OH excluding ortho intramolecular Hbond substituents is 1. The van der Waals surface area contributed by atoms with E-state index in [0.29, 0.717) is 6.54 Å². The van der Waals surface area contributed by atoms with E-state index in [0.717, 1.165) is 22.3 Å². The monoisotopic (exact) mass is 368 g/mol. The van der Waals surface area contributed by atoms with Crippen molar-refractivity contribution in [1.82, 2.24) is 9.78 Å². The van der Waals surface area contributed by atoms with Crippen molar-refractivity contribution in [2.75, 3.05) is 5.32 Å². The van der Waals surface area contributed by atoms with E-state index in [1.165, 1.54) is 6.07 Å². The minimum absolute atomic E-state index is 0.0111. The van der Waals surface area contributed by atoms with E-state index in [9.17, 15) is 20.0 Å². The van der Waals surface area contributed by atoms with Crippen molar-refractivity contribution < 1.29 is 14.8 Å². The van der Waals surface area contributed by atoms with E-state index >= 15 is 0 Å². The summed E-state index contributed by atoms with van der Waals surface area (Å²) < 4.78 is 2.47. The van der Waals surface area contributed by atoms with Crippen LogP contribution in [0.15, 0.2) is 28.9 Å². The lowest BCUT2D eigenvalue weighted by Gasteiger charge is -2.07. The molecule has 8 nitrogen and oxygen atoms in total. The molecule has 0 aliphatic rings. The number of nitro groups is 1. The highest BCUT2D eigenvalue weighted by Crippen LogP contribution is 2.27. The zero-order valence-corrected chi connectivity index (χ0v) is 13.2. The molecule has 116 valence electrons. The normalized spacial score (nSPS) is 10.5. The van der Waals surface area contributed by atoms with Crippen LogP contribution in [0.25, 0.3) is 0 Å². The van der Waals surface area contributed by atoms with Gasteiger partial charge in [-0.3, -0.25) is 19.6 Å². The summed E-state index contributed by atoms with van der Waals surface area (Å²) in [5.74, 6) is -0.600. The second-order valence-corrected chi connectivity index (χ2v) is 5.44. The molecule has 0 unspecified atom stereocenters. The van der Waals surface area contributed by atoms with E-state index in [1.54, 1.807) is 10.9 Å². The summed E-state index contributed by atoms with van der Waals surface area (Å²) in [6, 6.07) is 3.44. The van der Waals surface area contributed by atoms with Crippen molar-refractivity contribution in [2.24, 2.45) is 0 Å². The molecule has 1 amide bonds. The first kappa shape index (κ1) is 16.0. The number of carbonyl (C=O) groups is 1. The molecule has 22 heavy (non-hydrogen) atoms. The van der Waals surface area contributed by atoms with Gasteiger partial charge in [0.2, 0.25) is 5.91 Å². The number of aromatic nitrogens is 2. The van der Waals surface area contributed by atoms with E-state index in [-0.39, 0.29) is 29.5 Å². The van der Waals surface area contributed by atoms with Gasteiger partial charge in [-0.1, -0.05) is 0 Å². The second kappa shape index (κ2) is 6.56. The fraction of sp³-hybridized carbons (Fsp3) is 0.231. The molecule has 0 aliphatic heterocycles. The number of anilines is 1. The third-order valence-corrected chi connectivity index (χ3v) is 3.70. The van der Waals surface area contributed by atoms with Gasteiger partial charge >= 0.3 is 0 Å². The van der Waals surface area contributed by atoms with Gasteiger partial charge < -0.3 is 10.4 Å². The molecular weight excluding hydrogens is 356 g/mol. The lowest BCUT2D eigenvalue weighted by Crippen LogP contribution is -2.15. The number of nitro benzene ring substituents is 1. The van der Waals surface area contributed by atoms with Gasteiger partial charge in [-0.15, -0.1) is 0 Å². The molecule has 0 spiro atoms. The van der Waals surface area contributed by atoms with Gasteiger partial charge in [0.25, 0.3) is 5.69 Å². The average Bonchev–Trinajstić information content (AvgIpc) is 2.78. The number of aryl methyl sites for hydroxylation is 2. The molecule has 2 aromatic rings. The van der Waals surface area contributed by atoms with Crippen LogP contribution in [0.5, 0.6) is 5.75 Å². The number of halogens is 1. The number of nitrogens with zero attached hydrogens (tertiary/aromatic N) is 3. The molecule has 9 heteroatoms. The maximum atomic E-state index is 11.9. The molecule has 1 aromatic heterocycles. The SMILES string of the molecule is Cc1nn(CCC(=O)Nc2cc([N+](=O)[O-])ccc2O)cc1Br. The molecule has 0 atom stereocenters. The van der Waals surface area contributed by atoms with Crippen LogP contribution in [0, 0.1) is 17.0 Å². The van der Waals surface area contributed by atoms with Gasteiger partial charge in [-0.25, -0.2) is 0 Å². The maximum absolute atomic E-state index is 11.9. The molecule has 0 fully saturated rings. The van der Waals surface area contributed by atoms with Gasteiger partial charge in [-0.2, -0.15) is 5.10 Å². The second-order valence-electron chi connectivity index (χ2n) is 4.58. The molecule has 0 saturated heterocycles. The lowest BCUT2D eigenvalue weighted by molar-refractivity contribution is -0.384. The highest BCUT2D eigenvalue weighted by molar-refractivity contribution is 9.10. The number of non-ortho nitro benzene ring substituents is 1. The number of amides is 1. The summed E-state index contributed by atoms with van der Waals surface area (Å²) in [7, 11) is 0. The quantitative estimate of drug-likeness (QED) is 0.478. The first-order valence-corrected chi connectivity index (χ1v) is 7.13. The van der Waals surface area contributed by atoms with Gasteiger partial charge in [0.05, 0.1) is 20.8 Å². The number of rotatable bonds is 5. The van der Waals surface area contributed by atoms with Crippen LogP contribution < -0.4 is 5.32 Å². The zero-order valence-electron chi connectivity index (χ0n) is 11.6. The molecule has 1 heterocycles. The van der Waals surface area contributed by atoms with Crippen LogP contribution in [0.2, 0.25) is 0 Å². The predicted octanol–water partition coefficient (Wildman–Crippen LogP) is 2.60. The summed E-state index contributed by atoms with van der Waals surface area (Å²) >= 11 is 3.33. The minimum atomic E-state index is -0.598. The first-order valence-electron chi connectivity index (χ1n) is 6.33. The largest absolute Gasteiger partial charge is 0.506 e. The van der Waals surface area contributed by atoms with Gasteiger partial charge in [0.1, 0.15) is 5.75 Å². The maximum Gasteiger partial charge on any atom is 0.271 e. The van der Waals surface area contributed by atoms with E-state index in [2.05, 4.69) is 26.3 Å². The van der Waals surface area contributed by atoms with Crippen molar-refractivity contribution in [3.8, 4) is 5.75 Å². The van der Waals surface area contributed by atoms with E-state index < -0.39 is 4.92 Å². The number of phenols is 1. The lowest BCUT2D eigenvalue weighted by atomic mass is 10.2. The number of hydrogen-bond donors (Lipinski definition) is 2. The summed E-state index contributed by atoms with van der Waals surface area (Å²) in [5, 5.41) is 27.0. The van der Waals surface area contributed by atoms with Crippen LogP contribution in [-0.4, -0.2) is 25.7 Å². The molecular formula is C13H13BrN4O4. The van der Waals surface area contributed by atoms with Crippen molar-refractivity contribution in [3.63, 3.8) is 0 Å². The Hall–Kier alpha value is -2.42. The van der Waals surface area contributed by atoms with Crippen LogP contribution in [-0.2, 0) is 11.3 Å². The summed E-state index contributed by atoms with van der Waals surface area (Å²) in [6.07, 6.45) is 1.88. The Bertz CT molecular complexity index is 709. The summed E-state index contributed by atoms with van der Waals surface area (Å²) in [6.45, 7) is 2.19. The Morgan fingerprint density at radius 2 is 2.27 bits per heavy atom. The summed E-state index contributed by atoms with van der Waals surface area (Å²) in [5.41, 5.74) is 0.619. The highest BCUT2D eigenvalue weighted by Gasteiger charge is 2.13. The smallest absolute Gasteiger partial charge is 0.271 e. The average molecular weight is 369 g/mol. The third kappa shape index (κ3) is 3.82. The van der Waals surface area contributed by atoms with Crippen LogP contribution in [0.3, 0.4) is 0 Å². The van der Waals surface area contributed by atoms with E-state index in [1.807, 2.05) is 6.92 Å². The number of benzene rings is 1. The molecule has 0 saturated carbocycles. The number of aromatic hydroxyl groups is 1. The van der Waals surface area contributed by atoms with Crippen LogP contribution in [0.4, 0.5) is 11.4 Å². The Kier molecular flexibility index (Phi) is 4.76. The van der Waals surface area contributed by atoms with Crippen molar-refractivity contribution in [1.29, 1.82) is 0 Å². The summed E-state index contributed by atoms with van der Waals surface area (Å²) in [4.78, 5) is 22.0. The topological polar surface area (TPSA) is 110 Å². The fourth-order valence-corrected chi connectivity index (χ4v) is 2.09. The molecule has 0 bridgehead atoms. The number of nitrogens with one attached hydrogen (secondary N) is 1. The number of hydrogen-bond acceptors (Lipinski definition) is 5.